The molecule has 2 heterocycles. The van der Waals surface area contributed by atoms with E-state index in [0.717, 1.165) is 54.1 Å². The highest BCUT2D eigenvalue weighted by molar-refractivity contribution is 5.79. The number of carbonyl (C=O) groups is 1. The number of hydrogen-bond donors (Lipinski definition) is 3. The predicted octanol–water partition coefficient (Wildman–Crippen LogP) is 2.13. The molecule has 0 unspecified atom stereocenters. The van der Waals surface area contributed by atoms with Crippen LogP contribution >= 0.6 is 0 Å². The van der Waals surface area contributed by atoms with Gasteiger partial charge in [0.15, 0.2) is 0 Å². The van der Waals surface area contributed by atoms with E-state index in [1.807, 2.05) is 26.0 Å². The molecule has 3 N–H and O–H groups in total. The van der Waals surface area contributed by atoms with Crippen molar-refractivity contribution in [1.82, 2.24) is 15.5 Å². The van der Waals surface area contributed by atoms with Gasteiger partial charge in [0.05, 0.1) is 30.9 Å². The normalized spacial score (nSPS) is 22.3. The molecule has 4 rings (SSSR count). The fourth-order valence-corrected chi connectivity index (χ4v) is 3.99. The van der Waals surface area contributed by atoms with Crippen LogP contribution in [0.25, 0.3) is 0 Å². The van der Waals surface area contributed by atoms with E-state index in [1.165, 1.54) is 5.56 Å². The first-order valence-corrected chi connectivity index (χ1v) is 9.24. The second-order valence-electron chi connectivity index (χ2n) is 7.49. The monoisotopic (exact) mass is 355 g/mol. The zero-order chi connectivity index (χ0) is 18.3. The van der Waals surface area contributed by atoms with Crippen LogP contribution in [-0.2, 0) is 17.6 Å². The van der Waals surface area contributed by atoms with Gasteiger partial charge in [-0.2, -0.15) is 5.10 Å². The highest BCUT2D eigenvalue weighted by Crippen LogP contribution is 2.39. The van der Waals surface area contributed by atoms with Gasteiger partial charge < -0.3 is 15.2 Å². The molecule has 0 saturated heterocycles. The Morgan fingerprint density at radius 2 is 2.23 bits per heavy atom. The Hall–Kier alpha value is -2.34. The second kappa shape index (κ2) is 6.76. The van der Waals surface area contributed by atoms with Crippen molar-refractivity contribution in [2.45, 2.75) is 51.7 Å². The number of amides is 1. The number of nitrogens with zero attached hydrogens (tertiary/aromatic N) is 1. The van der Waals surface area contributed by atoms with E-state index in [4.69, 9.17) is 4.74 Å². The lowest BCUT2D eigenvalue weighted by molar-refractivity contribution is -0.122. The van der Waals surface area contributed by atoms with E-state index in [2.05, 4.69) is 21.6 Å². The molecule has 2 aromatic rings. The number of benzene rings is 1. The van der Waals surface area contributed by atoms with Gasteiger partial charge in [-0.05, 0) is 55.9 Å². The van der Waals surface area contributed by atoms with Crippen LogP contribution in [0.2, 0.25) is 0 Å². The SMILES string of the molecule is Cc1n[nH]c(C)c1CC(=O)N[C@@H](c1ccc2c(c1)CCO2)C1CC(O)C1. The number of nitrogens with one attached hydrogen (secondary N) is 2. The van der Waals surface area contributed by atoms with Crippen LogP contribution in [0.3, 0.4) is 0 Å². The van der Waals surface area contributed by atoms with Gasteiger partial charge in [-0.15, -0.1) is 0 Å². The summed E-state index contributed by atoms with van der Waals surface area (Å²) in [5.74, 6) is 1.19. The quantitative estimate of drug-likeness (QED) is 0.767. The molecule has 1 aliphatic heterocycles. The molecule has 26 heavy (non-hydrogen) atoms. The lowest BCUT2D eigenvalue weighted by Crippen LogP contribution is -2.42. The minimum absolute atomic E-state index is 0.0132. The largest absolute Gasteiger partial charge is 0.493 e. The highest BCUT2D eigenvalue weighted by atomic mass is 16.5. The zero-order valence-electron chi connectivity index (χ0n) is 15.2. The zero-order valence-corrected chi connectivity index (χ0v) is 15.2. The maximum absolute atomic E-state index is 12.7. The molecule has 1 aromatic carbocycles. The molecule has 6 heteroatoms. The van der Waals surface area contributed by atoms with E-state index in [0.29, 0.717) is 6.42 Å². The van der Waals surface area contributed by atoms with Gasteiger partial charge in [0.1, 0.15) is 5.75 Å². The number of ether oxygens (including phenoxy) is 1. The maximum atomic E-state index is 12.7. The van der Waals surface area contributed by atoms with E-state index in [9.17, 15) is 9.90 Å². The number of H-pyrrole nitrogens is 1. The number of aromatic nitrogens is 2. The Balaban J connectivity index is 1.53. The number of aliphatic hydroxyl groups is 1. The van der Waals surface area contributed by atoms with E-state index >= 15 is 0 Å². The van der Waals surface area contributed by atoms with Crippen molar-refractivity contribution in [3.05, 3.63) is 46.3 Å². The first-order chi connectivity index (χ1) is 12.5. The van der Waals surface area contributed by atoms with Crippen molar-refractivity contribution in [3.8, 4) is 5.75 Å². The summed E-state index contributed by atoms with van der Waals surface area (Å²) in [7, 11) is 0. The van der Waals surface area contributed by atoms with E-state index in [1.54, 1.807) is 0 Å². The molecule has 0 spiro atoms. The lowest BCUT2D eigenvalue weighted by Gasteiger charge is -2.38. The molecule has 138 valence electrons. The van der Waals surface area contributed by atoms with Gasteiger partial charge >= 0.3 is 0 Å². The molecular formula is C20H25N3O3. The van der Waals surface area contributed by atoms with E-state index < -0.39 is 0 Å². The lowest BCUT2D eigenvalue weighted by atomic mass is 9.74. The minimum atomic E-state index is -0.254. The van der Waals surface area contributed by atoms with Crippen LogP contribution in [0.5, 0.6) is 5.75 Å². The Bertz CT molecular complexity index is 804. The topological polar surface area (TPSA) is 87.2 Å². The van der Waals surface area contributed by atoms with Gasteiger partial charge in [0, 0.05) is 17.7 Å². The minimum Gasteiger partial charge on any atom is -0.493 e. The number of rotatable bonds is 5. The number of aliphatic hydroxyl groups excluding tert-OH is 1. The molecule has 0 radical (unpaired) electrons. The van der Waals surface area contributed by atoms with Gasteiger partial charge in [0.25, 0.3) is 0 Å². The van der Waals surface area contributed by atoms with Crippen LogP contribution < -0.4 is 10.1 Å². The Kier molecular flexibility index (Phi) is 4.44. The van der Waals surface area contributed by atoms with Crippen molar-refractivity contribution >= 4 is 5.91 Å². The van der Waals surface area contributed by atoms with Crippen LogP contribution in [0.4, 0.5) is 0 Å². The Labute approximate surface area is 153 Å². The number of fused-ring (bicyclic) bond motifs is 1. The molecule has 1 amide bonds. The summed E-state index contributed by atoms with van der Waals surface area (Å²) < 4.78 is 5.59. The Morgan fingerprint density at radius 1 is 1.42 bits per heavy atom. The third-order valence-electron chi connectivity index (χ3n) is 5.63. The molecule has 1 aliphatic carbocycles. The molecule has 2 aliphatic rings. The van der Waals surface area contributed by atoms with Crippen LogP contribution in [0.1, 0.15) is 47.0 Å². The molecule has 1 saturated carbocycles. The van der Waals surface area contributed by atoms with Gasteiger partial charge in [-0.25, -0.2) is 0 Å². The fourth-order valence-electron chi connectivity index (χ4n) is 3.99. The summed E-state index contributed by atoms with van der Waals surface area (Å²) in [6.45, 7) is 4.56. The first kappa shape index (κ1) is 17.1. The van der Waals surface area contributed by atoms with Gasteiger partial charge in [-0.1, -0.05) is 6.07 Å². The molecule has 1 aromatic heterocycles. The summed E-state index contributed by atoms with van der Waals surface area (Å²) >= 11 is 0. The third kappa shape index (κ3) is 3.21. The van der Waals surface area contributed by atoms with Crippen LogP contribution in [0, 0.1) is 19.8 Å². The highest BCUT2D eigenvalue weighted by Gasteiger charge is 2.36. The van der Waals surface area contributed by atoms with Crippen molar-refractivity contribution < 1.29 is 14.6 Å². The number of carbonyl (C=O) groups excluding carboxylic acids is 1. The standard InChI is InChI=1S/C20H25N3O3/c1-11-17(12(2)23-22-11)10-19(25)21-20(15-8-16(24)9-15)14-3-4-18-13(7-14)5-6-26-18/h3-4,7,15-16,20,24H,5-6,8-10H2,1-2H3,(H,21,25)(H,22,23)/t15?,16?,20-/m0/s1. The fraction of sp³-hybridized carbons (Fsp3) is 0.500. The summed E-state index contributed by atoms with van der Waals surface area (Å²) in [4.78, 5) is 12.7. The summed E-state index contributed by atoms with van der Waals surface area (Å²) in [6, 6.07) is 6.10. The number of aromatic amines is 1. The second-order valence-corrected chi connectivity index (χ2v) is 7.49. The summed E-state index contributed by atoms with van der Waals surface area (Å²) in [5.41, 5.74) is 5.05. The molecule has 1 atom stereocenters. The number of aryl methyl sites for hydroxylation is 2. The summed E-state index contributed by atoms with van der Waals surface area (Å²) in [5, 5.41) is 20.0. The van der Waals surface area contributed by atoms with Gasteiger partial charge in [0.2, 0.25) is 5.91 Å². The molecule has 6 nitrogen and oxygen atoms in total. The first-order valence-electron chi connectivity index (χ1n) is 9.24. The van der Waals surface area contributed by atoms with Crippen molar-refractivity contribution in [1.29, 1.82) is 0 Å². The average Bonchev–Trinajstić information content (AvgIpc) is 3.18. The predicted molar refractivity (Wildman–Crippen MR) is 97.0 cm³/mol. The number of hydrogen-bond acceptors (Lipinski definition) is 4. The van der Waals surface area contributed by atoms with Crippen LogP contribution in [-0.4, -0.2) is 33.9 Å². The molecular weight excluding hydrogens is 330 g/mol. The molecule has 1 fully saturated rings. The average molecular weight is 355 g/mol. The van der Waals surface area contributed by atoms with Crippen molar-refractivity contribution in [3.63, 3.8) is 0 Å². The maximum Gasteiger partial charge on any atom is 0.225 e. The van der Waals surface area contributed by atoms with Gasteiger partial charge in [-0.3, -0.25) is 9.89 Å². The van der Waals surface area contributed by atoms with Crippen LogP contribution in [0.15, 0.2) is 18.2 Å². The Morgan fingerprint density at radius 3 is 2.92 bits per heavy atom. The molecule has 0 bridgehead atoms. The summed E-state index contributed by atoms with van der Waals surface area (Å²) in [6.07, 6.45) is 2.42. The van der Waals surface area contributed by atoms with E-state index in [-0.39, 0.29) is 24.0 Å². The smallest absolute Gasteiger partial charge is 0.225 e. The van der Waals surface area contributed by atoms with Crippen molar-refractivity contribution in [2.75, 3.05) is 6.61 Å². The third-order valence-corrected chi connectivity index (χ3v) is 5.63. The van der Waals surface area contributed by atoms with Crippen molar-refractivity contribution in [2.24, 2.45) is 5.92 Å².